The molecular weight excluding hydrogens is 284 g/mol. The summed E-state index contributed by atoms with van der Waals surface area (Å²) >= 11 is 0. The van der Waals surface area contributed by atoms with Gasteiger partial charge >= 0.3 is 0 Å². The highest BCUT2D eigenvalue weighted by atomic mass is 16.5. The molecule has 0 spiro atoms. The van der Waals surface area contributed by atoms with Crippen LogP contribution in [0, 0.1) is 6.92 Å². The van der Waals surface area contributed by atoms with Gasteiger partial charge in [-0.2, -0.15) is 5.10 Å². The van der Waals surface area contributed by atoms with Crippen molar-refractivity contribution >= 4 is 5.97 Å². The number of rotatable bonds is 4. The lowest BCUT2D eigenvalue weighted by Gasteiger charge is -2.08. The summed E-state index contributed by atoms with van der Waals surface area (Å²) in [6, 6.07) is 11.9. The molecule has 0 saturated heterocycles. The Kier molecular flexibility index (Phi) is 3.42. The number of carboxylic acid groups (broad SMARTS) is 1. The summed E-state index contributed by atoms with van der Waals surface area (Å²) in [5.74, 6) is 0.599. The summed E-state index contributed by atoms with van der Waals surface area (Å²) < 4.78 is 11.9. The number of nitrogens with zero attached hydrogens (tertiary/aromatic N) is 2. The number of carbonyl (C=O) groups is 1. The van der Waals surface area contributed by atoms with Gasteiger partial charge in [0.2, 0.25) is 0 Å². The first kappa shape index (κ1) is 13.9. The van der Waals surface area contributed by atoms with E-state index in [0.717, 1.165) is 5.76 Å². The summed E-state index contributed by atoms with van der Waals surface area (Å²) in [4.78, 5) is 11.3. The minimum atomic E-state index is -1.31. The van der Waals surface area contributed by atoms with E-state index in [4.69, 9.17) is 9.15 Å². The normalized spacial score (nSPS) is 10.6. The number of aryl methyl sites for hydroxylation is 1. The van der Waals surface area contributed by atoms with Gasteiger partial charge < -0.3 is 19.1 Å². The third kappa shape index (κ3) is 2.46. The van der Waals surface area contributed by atoms with Gasteiger partial charge in [0.05, 0.1) is 24.5 Å². The van der Waals surface area contributed by atoms with Crippen LogP contribution in [0.15, 0.2) is 46.9 Å². The maximum Gasteiger partial charge on any atom is 0.154 e. The zero-order chi connectivity index (χ0) is 15.7. The molecule has 0 aliphatic rings. The molecule has 0 amide bonds. The monoisotopic (exact) mass is 297 g/mol. The number of aromatic carboxylic acids is 1. The SMILES string of the molecule is COc1ccc(-n2nc(-c3ccc(C)o3)cc2C(=O)[O-])cc1. The van der Waals surface area contributed by atoms with Crippen LogP contribution >= 0.6 is 0 Å². The molecule has 0 N–H and O–H groups in total. The molecule has 2 heterocycles. The largest absolute Gasteiger partial charge is 0.543 e. The highest BCUT2D eigenvalue weighted by molar-refractivity contribution is 5.86. The highest BCUT2D eigenvalue weighted by Crippen LogP contribution is 2.24. The van der Waals surface area contributed by atoms with Crippen molar-refractivity contribution < 1.29 is 19.1 Å². The molecule has 0 aliphatic carbocycles. The number of methoxy groups -OCH3 is 1. The Morgan fingerprint density at radius 1 is 1.23 bits per heavy atom. The van der Waals surface area contributed by atoms with E-state index in [-0.39, 0.29) is 5.69 Å². The molecule has 0 unspecified atom stereocenters. The van der Waals surface area contributed by atoms with Crippen molar-refractivity contribution in [2.24, 2.45) is 0 Å². The predicted molar refractivity (Wildman–Crippen MR) is 76.9 cm³/mol. The number of ether oxygens (including phenoxy) is 1. The quantitative estimate of drug-likeness (QED) is 0.733. The summed E-state index contributed by atoms with van der Waals surface area (Å²) in [5.41, 5.74) is 0.979. The first-order valence-electron chi connectivity index (χ1n) is 6.61. The Bertz CT molecular complexity index is 815. The first-order chi connectivity index (χ1) is 10.6. The van der Waals surface area contributed by atoms with Gasteiger partial charge in [-0.15, -0.1) is 0 Å². The second kappa shape index (κ2) is 5.40. The number of hydrogen-bond acceptors (Lipinski definition) is 5. The summed E-state index contributed by atoms with van der Waals surface area (Å²) in [6.07, 6.45) is 0. The van der Waals surface area contributed by atoms with Crippen LogP contribution in [-0.4, -0.2) is 22.9 Å². The Labute approximate surface area is 126 Å². The third-order valence-corrected chi connectivity index (χ3v) is 3.23. The minimum Gasteiger partial charge on any atom is -0.543 e. The van der Waals surface area contributed by atoms with Crippen LogP contribution in [0.2, 0.25) is 0 Å². The van der Waals surface area contributed by atoms with Gasteiger partial charge in [0, 0.05) is 0 Å². The highest BCUT2D eigenvalue weighted by Gasteiger charge is 2.14. The molecule has 0 saturated carbocycles. The molecule has 0 radical (unpaired) electrons. The molecule has 3 rings (SSSR count). The van der Waals surface area contributed by atoms with Crippen LogP contribution < -0.4 is 9.84 Å². The Hall–Kier alpha value is -3.02. The first-order valence-corrected chi connectivity index (χ1v) is 6.61. The van der Waals surface area contributed by atoms with Crippen molar-refractivity contribution in [2.75, 3.05) is 7.11 Å². The summed E-state index contributed by atoms with van der Waals surface area (Å²) in [6.45, 7) is 1.81. The molecule has 6 nitrogen and oxygen atoms in total. The Balaban J connectivity index is 2.09. The van der Waals surface area contributed by atoms with E-state index in [2.05, 4.69) is 5.10 Å². The van der Waals surface area contributed by atoms with Crippen LogP contribution in [-0.2, 0) is 0 Å². The summed E-state index contributed by atoms with van der Waals surface area (Å²) in [5, 5.41) is 15.6. The van der Waals surface area contributed by atoms with Gasteiger partial charge in [-0.1, -0.05) is 0 Å². The zero-order valence-corrected chi connectivity index (χ0v) is 12.1. The Morgan fingerprint density at radius 2 is 1.95 bits per heavy atom. The molecule has 2 aromatic heterocycles. The van der Waals surface area contributed by atoms with Gasteiger partial charge in [-0.25, -0.2) is 4.68 Å². The standard InChI is InChI=1S/C16H14N2O4/c1-10-3-8-15(22-10)13-9-14(16(19)20)18(17-13)11-4-6-12(21-2)7-5-11/h3-9H,1-2H3,(H,19,20)/p-1. The topological polar surface area (TPSA) is 80.3 Å². The number of carbonyl (C=O) groups excluding carboxylic acids is 1. The van der Waals surface area contributed by atoms with Crippen molar-refractivity contribution in [3.05, 3.63) is 53.9 Å². The molecule has 22 heavy (non-hydrogen) atoms. The van der Waals surface area contributed by atoms with Crippen molar-refractivity contribution in [3.63, 3.8) is 0 Å². The van der Waals surface area contributed by atoms with Gasteiger partial charge in [0.15, 0.2) is 5.76 Å². The predicted octanol–water partition coefficient (Wildman–Crippen LogP) is 1.81. The molecule has 0 fully saturated rings. The van der Waals surface area contributed by atoms with E-state index >= 15 is 0 Å². The smallest absolute Gasteiger partial charge is 0.154 e. The zero-order valence-electron chi connectivity index (χ0n) is 12.1. The lowest BCUT2D eigenvalue weighted by atomic mass is 10.3. The molecule has 3 aromatic rings. The van der Waals surface area contributed by atoms with E-state index in [1.807, 2.05) is 6.92 Å². The molecule has 0 atom stereocenters. The molecule has 6 heteroatoms. The van der Waals surface area contributed by atoms with Gasteiger partial charge in [-0.05, 0) is 49.4 Å². The van der Waals surface area contributed by atoms with Crippen LogP contribution in [0.1, 0.15) is 16.2 Å². The minimum absolute atomic E-state index is 0.0470. The van der Waals surface area contributed by atoms with Crippen LogP contribution in [0.3, 0.4) is 0 Å². The maximum atomic E-state index is 11.3. The number of carboxylic acids is 1. The number of aromatic nitrogens is 2. The molecule has 112 valence electrons. The number of hydrogen-bond donors (Lipinski definition) is 0. The van der Waals surface area contributed by atoms with E-state index < -0.39 is 5.97 Å². The van der Waals surface area contributed by atoms with E-state index in [9.17, 15) is 9.90 Å². The van der Waals surface area contributed by atoms with Gasteiger partial charge in [-0.3, -0.25) is 0 Å². The molecular formula is C16H13N2O4-. The fraction of sp³-hybridized carbons (Fsp3) is 0.125. The van der Waals surface area contributed by atoms with Crippen LogP contribution in [0.4, 0.5) is 0 Å². The van der Waals surface area contributed by atoms with Crippen molar-refractivity contribution in [3.8, 4) is 22.9 Å². The fourth-order valence-corrected chi connectivity index (χ4v) is 2.14. The lowest BCUT2D eigenvalue weighted by molar-refractivity contribution is -0.255. The van der Waals surface area contributed by atoms with Crippen molar-refractivity contribution in [1.82, 2.24) is 9.78 Å². The number of furan rings is 1. The maximum absolute atomic E-state index is 11.3. The van der Waals surface area contributed by atoms with Crippen molar-refractivity contribution in [2.45, 2.75) is 6.92 Å². The molecule has 0 aliphatic heterocycles. The summed E-state index contributed by atoms with van der Waals surface area (Å²) in [7, 11) is 1.56. The third-order valence-electron chi connectivity index (χ3n) is 3.23. The second-order valence-corrected chi connectivity index (χ2v) is 4.72. The van der Waals surface area contributed by atoms with Gasteiger partial charge in [0.1, 0.15) is 17.2 Å². The van der Waals surface area contributed by atoms with Crippen molar-refractivity contribution in [1.29, 1.82) is 0 Å². The number of benzene rings is 1. The van der Waals surface area contributed by atoms with E-state index in [1.54, 1.807) is 43.5 Å². The van der Waals surface area contributed by atoms with Crippen LogP contribution in [0.25, 0.3) is 17.1 Å². The van der Waals surface area contributed by atoms with Gasteiger partial charge in [0.25, 0.3) is 0 Å². The average molecular weight is 297 g/mol. The average Bonchev–Trinajstić information content (AvgIpc) is 3.13. The molecule has 0 bridgehead atoms. The second-order valence-electron chi connectivity index (χ2n) is 4.72. The fourth-order valence-electron chi connectivity index (χ4n) is 2.14. The molecule has 1 aromatic carbocycles. The van der Waals surface area contributed by atoms with Crippen LogP contribution in [0.5, 0.6) is 5.75 Å². The lowest BCUT2D eigenvalue weighted by Crippen LogP contribution is -2.25. The van der Waals surface area contributed by atoms with E-state index in [1.165, 1.54) is 10.7 Å². The van der Waals surface area contributed by atoms with E-state index in [0.29, 0.717) is 22.9 Å². The Morgan fingerprint density at radius 3 is 2.50 bits per heavy atom.